The van der Waals surface area contributed by atoms with Crippen molar-refractivity contribution in [2.45, 2.75) is 24.3 Å². The van der Waals surface area contributed by atoms with Gasteiger partial charge in [0.15, 0.2) is 14.9 Å². The van der Waals surface area contributed by atoms with Gasteiger partial charge in [-0.15, -0.1) is 0 Å². The number of ether oxygens (including phenoxy) is 1. The third-order valence-corrected chi connectivity index (χ3v) is 7.16. The maximum atomic E-state index is 13.8. The van der Waals surface area contributed by atoms with Gasteiger partial charge >= 0.3 is 0 Å². The van der Waals surface area contributed by atoms with Crippen LogP contribution in [0.2, 0.25) is 0 Å². The van der Waals surface area contributed by atoms with Crippen LogP contribution in [0.15, 0.2) is 66.0 Å². The molecule has 7 nitrogen and oxygen atoms in total. The summed E-state index contributed by atoms with van der Waals surface area (Å²) >= 11 is 0. The molecular weight excluding hydrogens is 467 g/mol. The van der Waals surface area contributed by atoms with Crippen molar-refractivity contribution in [3.63, 3.8) is 0 Å². The van der Waals surface area contributed by atoms with Crippen LogP contribution in [0.1, 0.15) is 19.5 Å². The molecule has 0 unspecified atom stereocenters. The molecule has 0 aliphatic rings. The second kappa shape index (κ2) is 8.28. The Bertz CT molecular complexity index is 1650. The number of nitrogens with zero attached hydrogens (tertiary/aromatic N) is 3. The van der Waals surface area contributed by atoms with E-state index in [0.29, 0.717) is 6.61 Å². The van der Waals surface area contributed by atoms with E-state index >= 15 is 0 Å². The normalized spacial score (nSPS) is 12.6. The zero-order valence-electron chi connectivity index (χ0n) is 19.8. The van der Waals surface area contributed by atoms with E-state index < -0.39 is 15.3 Å². The van der Waals surface area contributed by atoms with Gasteiger partial charge in [0, 0.05) is 58.3 Å². The van der Waals surface area contributed by atoms with Gasteiger partial charge in [-0.3, -0.25) is 5.10 Å². The van der Waals surface area contributed by atoms with Crippen molar-refractivity contribution in [3.05, 3.63) is 72.4 Å². The molecule has 0 radical (unpaired) electrons. The zero-order valence-corrected chi connectivity index (χ0v) is 20.6. The number of halogens is 1. The van der Waals surface area contributed by atoms with Crippen molar-refractivity contribution in [2.24, 2.45) is 0 Å². The zero-order chi connectivity index (χ0) is 25.0. The molecule has 180 valence electrons. The number of hydrogen-bond donors (Lipinski definition) is 1. The molecule has 2 aromatic carbocycles. The lowest BCUT2D eigenvalue weighted by atomic mass is 9.85. The fourth-order valence-electron chi connectivity index (χ4n) is 4.69. The summed E-state index contributed by atoms with van der Waals surface area (Å²) < 4.78 is 45.6. The quantitative estimate of drug-likeness (QED) is 0.359. The maximum Gasteiger partial charge on any atom is 0.192 e. The molecule has 0 fully saturated rings. The number of pyridine rings is 1. The maximum absolute atomic E-state index is 13.8. The number of aromatic nitrogens is 4. The van der Waals surface area contributed by atoms with E-state index in [4.69, 9.17) is 4.74 Å². The standard InChI is InChI=1S/C26H25FN4O3S/c1-26(2,15-34-3)25-24(16-5-10-23(28-13-16)35(4,32)33)20-12-21-17(14-29-30-21)11-22(20)31(25)19-8-6-18(27)7-9-19/h5-14H,15H2,1-4H3,(H,29,30). The average molecular weight is 493 g/mol. The Labute approximate surface area is 202 Å². The van der Waals surface area contributed by atoms with E-state index in [-0.39, 0.29) is 10.8 Å². The second-order valence-corrected chi connectivity index (χ2v) is 11.3. The van der Waals surface area contributed by atoms with Gasteiger partial charge < -0.3 is 9.30 Å². The predicted molar refractivity (Wildman–Crippen MR) is 134 cm³/mol. The molecule has 0 saturated carbocycles. The monoisotopic (exact) mass is 492 g/mol. The number of H-pyrrole nitrogens is 1. The molecule has 0 bridgehead atoms. The number of hydrogen-bond acceptors (Lipinski definition) is 5. The van der Waals surface area contributed by atoms with Crippen LogP contribution in [0, 0.1) is 5.82 Å². The highest BCUT2D eigenvalue weighted by Crippen LogP contribution is 2.44. The van der Waals surface area contributed by atoms with E-state index in [9.17, 15) is 12.8 Å². The van der Waals surface area contributed by atoms with Crippen LogP contribution in [0.25, 0.3) is 38.6 Å². The van der Waals surface area contributed by atoms with Crippen molar-refractivity contribution >= 4 is 31.6 Å². The van der Waals surface area contributed by atoms with Crippen molar-refractivity contribution < 1.29 is 17.5 Å². The Hall–Kier alpha value is -3.56. The molecule has 0 aliphatic carbocycles. The Balaban J connectivity index is 1.93. The third kappa shape index (κ3) is 4.00. The largest absolute Gasteiger partial charge is 0.384 e. The van der Waals surface area contributed by atoms with E-state index in [1.807, 2.05) is 12.1 Å². The Kier molecular flexibility index (Phi) is 5.49. The average Bonchev–Trinajstić information content (AvgIpc) is 3.40. The van der Waals surface area contributed by atoms with Gasteiger partial charge in [0.05, 0.1) is 23.8 Å². The minimum atomic E-state index is -3.44. The van der Waals surface area contributed by atoms with Crippen molar-refractivity contribution in [1.29, 1.82) is 0 Å². The first-order valence-electron chi connectivity index (χ1n) is 11.0. The molecule has 1 N–H and O–H groups in total. The number of fused-ring (bicyclic) bond motifs is 2. The highest BCUT2D eigenvalue weighted by Gasteiger charge is 2.32. The van der Waals surface area contributed by atoms with E-state index in [1.165, 1.54) is 18.2 Å². The van der Waals surface area contributed by atoms with Crippen LogP contribution in [0.3, 0.4) is 0 Å². The number of benzene rings is 2. The molecule has 3 aromatic heterocycles. The van der Waals surface area contributed by atoms with Gasteiger partial charge in [-0.1, -0.05) is 13.8 Å². The Morgan fingerprint density at radius 3 is 2.46 bits per heavy atom. The summed E-state index contributed by atoms with van der Waals surface area (Å²) in [6.45, 7) is 4.59. The van der Waals surface area contributed by atoms with Crippen molar-refractivity contribution in [3.8, 4) is 16.8 Å². The SMILES string of the molecule is COCC(C)(C)c1c(-c2ccc(S(C)(=O)=O)nc2)c2cc3[nH]ncc3cc2n1-c1ccc(F)cc1. The third-order valence-electron chi connectivity index (χ3n) is 6.16. The molecule has 0 saturated heterocycles. The van der Waals surface area contributed by atoms with Crippen LogP contribution >= 0.6 is 0 Å². The summed E-state index contributed by atoms with van der Waals surface area (Å²) in [5, 5.41) is 9.09. The van der Waals surface area contributed by atoms with Crippen LogP contribution in [0.5, 0.6) is 0 Å². The summed E-state index contributed by atoms with van der Waals surface area (Å²) in [4.78, 5) is 4.25. The van der Waals surface area contributed by atoms with Gasteiger partial charge in [-0.25, -0.2) is 17.8 Å². The Morgan fingerprint density at radius 2 is 1.83 bits per heavy atom. The smallest absolute Gasteiger partial charge is 0.192 e. The highest BCUT2D eigenvalue weighted by molar-refractivity contribution is 7.90. The Morgan fingerprint density at radius 1 is 1.09 bits per heavy atom. The van der Waals surface area contributed by atoms with Gasteiger partial charge in [0.2, 0.25) is 0 Å². The molecule has 9 heteroatoms. The summed E-state index contributed by atoms with van der Waals surface area (Å²) in [7, 11) is -1.78. The minimum Gasteiger partial charge on any atom is -0.384 e. The number of methoxy groups -OCH3 is 1. The number of sulfone groups is 1. The molecule has 5 aromatic rings. The molecule has 3 heterocycles. The molecule has 0 spiro atoms. The van der Waals surface area contributed by atoms with Crippen molar-refractivity contribution in [2.75, 3.05) is 20.0 Å². The van der Waals surface area contributed by atoms with E-state index in [2.05, 4.69) is 33.6 Å². The lowest BCUT2D eigenvalue weighted by Crippen LogP contribution is -2.27. The molecule has 5 rings (SSSR count). The number of nitrogens with one attached hydrogen (secondary N) is 1. The molecule has 0 amide bonds. The molecule has 0 aliphatic heterocycles. The fourth-order valence-corrected chi connectivity index (χ4v) is 5.25. The highest BCUT2D eigenvalue weighted by atomic mass is 32.2. The lowest BCUT2D eigenvalue weighted by molar-refractivity contribution is 0.144. The van der Waals surface area contributed by atoms with Crippen LogP contribution in [0.4, 0.5) is 4.39 Å². The first kappa shape index (κ1) is 23.2. The fraction of sp³-hybridized carbons (Fsp3) is 0.231. The van der Waals surface area contributed by atoms with E-state index in [1.54, 1.807) is 37.7 Å². The van der Waals surface area contributed by atoms with Crippen molar-refractivity contribution in [1.82, 2.24) is 19.7 Å². The topological polar surface area (TPSA) is 89.9 Å². The molecule has 35 heavy (non-hydrogen) atoms. The first-order chi connectivity index (χ1) is 16.6. The summed E-state index contributed by atoms with van der Waals surface area (Å²) in [5.74, 6) is -0.319. The lowest BCUT2D eigenvalue weighted by Gasteiger charge is -2.28. The van der Waals surface area contributed by atoms with Crippen LogP contribution < -0.4 is 0 Å². The summed E-state index contributed by atoms with van der Waals surface area (Å²) in [6, 6.07) is 13.7. The number of aromatic amines is 1. The van der Waals surface area contributed by atoms with Gasteiger partial charge in [0.1, 0.15) is 5.82 Å². The molecular formula is C26H25FN4O3S. The summed E-state index contributed by atoms with van der Waals surface area (Å²) in [5.41, 5.74) is 4.70. The van der Waals surface area contributed by atoms with E-state index in [0.717, 1.165) is 50.6 Å². The molecule has 0 atom stereocenters. The van der Waals surface area contributed by atoms with Gasteiger partial charge in [-0.05, 0) is 48.5 Å². The first-order valence-corrected chi connectivity index (χ1v) is 12.9. The number of rotatable bonds is 6. The van der Waals surface area contributed by atoms with Gasteiger partial charge in [-0.2, -0.15) is 5.10 Å². The van der Waals surface area contributed by atoms with Gasteiger partial charge in [0.25, 0.3) is 0 Å². The predicted octanol–water partition coefficient (Wildman–Crippen LogP) is 5.04. The van der Waals surface area contributed by atoms with Crippen LogP contribution in [-0.4, -0.2) is 48.1 Å². The van der Waals surface area contributed by atoms with Crippen LogP contribution in [-0.2, 0) is 20.0 Å². The minimum absolute atomic E-state index is 0.0113. The summed E-state index contributed by atoms with van der Waals surface area (Å²) in [6.07, 6.45) is 4.49. The second-order valence-electron chi connectivity index (χ2n) is 9.34.